The number of nitrogens with two attached hydrogens (primary N) is 1. The molecule has 0 spiro atoms. The molecule has 0 radical (unpaired) electrons. The highest BCUT2D eigenvalue weighted by molar-refractivity contribution is 5.95. The number of carbonyl (C=O) groups is 2. The average Bonchev–Trinajstić information content (AvgIpc) is 2.40. The second-order valence-electron chi connectivity index (χ2n) is 5.06. The zero-order valence-electron chi connectivity index (χ0n) is 12.0. The molecule has 1 atom stereocenters. The molecule has 1 unspecified atom stereocenters. The topological polar surface area (TPSA) is 83.6 Å². The van der Waals surface area contributed by atoms with Crippen LogP contribution in [0.15, 0.2) is 30.3 Å². The summed E-state index contributed by atoms with van der Waals surface area (Å²) in [5, 5.41) is 8.83. The van der Waals surface area contributed by atoms with E-state index >= 15 is 0 Å². The van der Waals surface area contributed by atoms with Gasteiger partial charge < -0.3 is 15.7 Å². The van der Waals surface area contributed by atoms with Crippen LogP contribution in [-0.4, -0.2) is 30.1 Å². The minimum absolute atomic E-state index is 0.0873. The first-order chi connectivity index (χ1) is 9.47. The third-order valence-electron chi connectivity index (χ3n) is 3.26. The van der Waals surface area contributed by atoms with Gasteiger partial charge in [0.1, 0.15) is 0 Å². The van der Waals surface area contributed by atoms with Crippen molar-refractivity contribution in [1.82, 2.24) is 0 Å². The molecule has 1 amide bonds. The molecule has 0 bridgehead atoms. The predicted molar refractivity (Wildman–Crippen MR) is 78.4 cm³/mol. The van der Waals surface area contributed by atoms with E-state index in [1.807, 2.05) is 32.0 Å². The number of carboxylic acids is 1. The second kappa shape index (κ2) is 7.65. The van der Waals surface area contributed by atoms with Gasteiger partial charge in [0.15, 0.2) is 0 Å². The van der Waals surface area contributed by atoms with Crippen molar-refractivity contribution in [3.8, 4) is 0 Å². The van der Waals surface area contributed by atoms with Gasteiger partial charge >= 0.3 is 5.97 Å². The summed E-state index contributed by atoms with van der Waals surface area (Å²) < 4.78 is 0. The zero-order valence-corrected chi connectivity index (χ0v) is 12.0. The van der Waals surface area contributed by atoms with Gasteiger partial charge in [0.05, 0.1) is 12.3 Å². The Morgan fingerprint density at radius 2 is 1.85 bits per heavy atom. The Bertz CT molecular complexity index is 446. The van der Waals surface area contributed by atoms with Crippen LogP contribution in [0.5, 0.6) is 0 Å². The van der Waals surface area contributed by atoms with Crippen LogP contribution >= 0.6 is 0 Å². The number of carboxylic acid groups (broad SMARTS) is 1. The van der Waals surface area contributed by atoms with Crippen LogP contribution in [0.25, 0.3) is 0 Å². The summed E-state index contributed by atoms with van der Waals surface area (Å²) in [6.45, 7) is 4.29. The quantitative estimate of drug-likeness (QED) is 0.795. The minimum atomic E-state index is -0.924. The molecule has 1 aromatic rings. The van der Waals surface area contributed by atoms with E-state index < -0.39 is 5.97 Å². The van der Waals surface area contributed by atoms with Crippen LogP contribution in [-0.2, 0) is 9.59 Å². The molecule has 0 aliphatic heterocycles. The number of anilines is 1. The van der Waals surface area contributed by atoms with E-state index in [0.29, 0.717) is 5.69 Å². The van der Waals surface area contributed by atoms with Crippen molar-refractivity contribution in [1.29, 1.82) is 0 Å². The Kier molecular flexibility index (Phi) is 6.18. The van der Waals surface area contributed by atoms with E-state index in [1.165, 1.54) is 4.90 Å². The van der Waals surface area contributed by atoms with Crippen LogP contribution < -0.4 is 10.6 Å². The fourth-order valence-corrected chi connectivity index (χ4v) is 2.04. The lowest BCUT2D eigenvalue weighted by Gasteiger charge is -2.28. The SMILES string of the molecule is CC(C)C(CN)C(=O)N(CCC(=O)O)c1ccccc1. The van der Waals surface area contributed by atoms with Crippen LogP contribution in [0.4, 0.5) is 5.69 Å². The highest BCUT2D eigenvalue weighted by Gasteiger charge is 2.27. The Morgan fingerprint density at radius 1 is 1.25 bits per heavy atom. The first-order valence-electron chi connectivity index (χ1n) is 6.75. The van der Waals surface area contributed by atoms with Crippen molar-refractivity contribution in [3.63, 3.8) is 0 Å². The molecule has 0 aromatic heterocycles. The van der Waals surface area contributed by atoms with E-state index in [1.54, 1.807) is 12.1 Å². The lowest BCUT2D eigenvalue weighted by atomic mass is 9.94. The lowest BCUT2D eigenvalue weighted by Crippen LogP contribution is -2.42. The second-order valence-corrected chi connectivity index (χ2v) is 5.06. The summed E-state index contributed by atoms with van der Waals surface area (Å²) >= 11 is 0. The number of hydrogen-bond donors (Lipinski definition) is 2. The predicted octanol–water partition coefficient (Wildman–Crippen LogP) is 1.73. The molecule has 20 heavy (non-hydrogen) atoms. The van der Waals surface area contributed by atoms with Crippen molar-refractivity contribution >= 4 is 17.6 Å². The number of benzene rings is 1. The van der Waals surface area contributed by atoms with Gasteiger partial charge in [-0.05, 0) is 18.1 Å². The van der Waals surface area contributed by atoms with Gasteiger partial charge in [0.25, 0.3) is 0 Å². The number of para-hydroxylation sites is 1. The molecule has 110 valence electrons. The van der Waals surface area contributed by atoms with Gasteiger partial charge in [0, 0.05) is 18.8 Å². The third kappa shape index (κ3) is 4.35. The summed E-state index contributed by atoms with van der Waals surface area (Å²) in [5.41, 5.74) is 6.39. The summed E-state index contributed by atoms with van der Waals surface area (Å²) in [7, 11) is 0. The van der Waals surface area contributed by atoms with E-state index in [0.717, 1.165) is 0 Å². The first-order valence-corrected chi connectivity index (χ1v) is 6.75. The molecular formula is C15H22N2O3. The fraction of sp³-hybridized carbons (Fsp3) is 0.467. The molecule has 3 N–H and O–H groups in total. The van der Waals surface area contributed by atoms with Crippen molar-refractivity contribution in [2.24, 2.45) is 17.6 Å². The summed E-state index contributed by atoms with van der Waals surface area (Å²) in [4.78, 5) is 24.9. The average molecular weight is 278 g/mol. The molecule has 0 aliphatic carbocycles. The van der Waals surface area contributed by atoms with Gasteiger partial charge in [-0.2, -0.15) is 0 Å². The molecule has 0 aliphatic rings. The number of amides is 1. The normalized spacial score (nSPS) is 12.2. The van der Waals surface area contributed by atoms with Crippen LogP contribution in [0.1, 0.15) is 20.3 Å². The standard InChI is InChI=1S/C15H22N2O3/c1-11(2)13(10-16)15(20)17(9-8-14(18)19)12-6-4-3-5-7-12/h3-7,11,13H,8-10,16H2,1-2H3,(H,18,19). The molecule has 0 saturated carbocycles. The van der Waals surface area contributed by atoms with E-state index in [2.05, 4.69) is 0 Å². The Balaban J connectivity index is 2.98. The summed E-state index contributed by atoms with van der Waals surface area (Å²) in [6.07, 6.45) is -0.0873. The smallest absolute Gasteiger partial charge is 0.305 e. The molecule has 0 saturated heterocycles. The summed E-state index contributed by atoms with van der Waals surface area (Å²) in [5.74, 6) is -1.23. The Labute approximate surface area is 119 Å². The fourth-order valence-electron chi connectivity index (χ4n) is 2.04. The maximum atomic E-state index is 12.6. The third-order valence-corrected chi connectivity index (χ3v) is 3.26. The highest BCUT2D eigenvalue weighted by atomic mass is 16.4. The maximum Gasteiger partial charge on any atom is 0.305 e. The molecule has 1 aromatic carbocycles. The van der Waals surface area contributed by atoms with Crippen LogP contribution in [0.2, 0.25) is 0 Å². The molecule has 0 fully saturated rings. The number of carbonyl (C=O) groups excluding carboxylic acids is 1. The van der Waals surface area contributed by atoms with Crippen molar-refractivity contribution < 1.29 is 14.7 Å². The maximum absolute atomic E-state index is 12.6. The molecule has 0 heterocycles. The van der Waals surface area contributed by atoms with Gasteiger partial charge in [-0.1, -0.05) is 32.0 Å². The minimum Gasteiger partial charge on any atom is -0.481 e. The van der Waals surface area contributed by atoms with Crippen LogP contribution in [0, 0.1) is 11.8 Å². The molecule has 1 rings (SSSR count). The molecular weight excluding hydrogens is 256 g/mol. The van der Waals surface area contributed by atoms with Crippen molar-refractivity contribution in [3.05, 3.63) is 30.3 Å². The van der Waals surface area contributed by atoms with Gasteiger partial charge in [-0.25, -0.2) is 0 Å². The molecule has 5 heteroatoms. The summed E-state index contributed by atoms with van der Waals surface area (Å²) in [6, 6.07) is 9.10. The van der Waals surface area contributed by atoms with Gasteiger partial charge in [0.2, 0.25) is 5.91 Å². The lowest BCUT2D eigenvalue weighted by molar-refractivity contribution is -0.136. The van der Waals surface area contributed by atoms with E-state index in [4.69, 9.17) is 10.8 Å². The number of nitrogens with zero attached hydrogens (tertiary/aromatic N) is 1. The Hall–Kier alpha value is -1.88. The largest absolute Gasteiger partial charge is 0.481 e. The number of rotatable bonds is 7. The first kappa shape index (κ1) is 16.2. The molecule has 5 nitrogen and oxygen atoms in total. The van der Waals surface area contributed by atoms with Crippen LogP contribution in [0.3, 0.4) is 0 Å². The monoisotopic (exact) mass is 278 g/mol. The highest BCUT2D eigenvalue weighted by Crippen LogP contribution is 2.20. The van der Waals surface area contributed by atoms with Crippen molar-refractivity contribution in [2.75, 3.05) is 18.0 Å². The van der Waals surface area contributed by atoms with Gasteiger partial charge in [-0.3, -0.25) is 9.59 Å². The zero-order chi connectivity index (χ0) is 15.1. The number of aliphatic carboxylic acids is 1. The van der Waals surface area contributed by atoms with Gasteiger partial charge in [-0.15, -0.1) is 0 Å². The number of hydrogen-bond acceptors (Lipinski definition) is 3. The van der Waals surface area contributed by atoms with Crippen molar-refractivity contribution in [2.45, 2.75) is 20.3 Å². The Morgan fingerprint density at radius 3 is 2.30 bits per heavy atom. The van der Waals surface area contributed by atoms with E-state index in [-0.39, 0.29) is 37.3 Å². The van der Waals surface area contributed by atoms with E-state index in [9.17, 15) is 9.59 Å².